The molecule has 0 atom stereocenters. The van der Waals surface area contributed by atoms with Crippen molar-refractivity contribution < 1.29 is 57.1 Å². The lowest BCUT2D eigenvalue weighted by atomic mass is 9.48. The van der Waals surface area contributed by atoms with Crippen molar-refractivity contribution in [1.82, 2.24) is 0 Å². The molecule has 4 aromatic carbocycles. The lowest BCUT2D eigenvalue weighted by molar-refractivity contribution is -0.292. The lowest BCUT2D eigenvalue weighted by Crippen LogP contribution is -2.75. The van der Waals surface area contributed by atoms with Gasteiger partial charge >= 0.3 is 23.9 Å². The Balaban J connectivity index is 1.36. The minimum Gasteiger partial charge on any atom is -0.496 e. The third-order valence-electron chi connectivity index (χ3n) is 10.4. The van der Waals surface area contributed by atoms with Gasteiger partial charge < -0.3 is 33.2 Å². The first-order valence-corrected chi connectivity index (χ1v) is 18.6. The number of rotatable bonds is 12. The molecule has 13 heteroatoms. The standard InChI is InChI=1S/C42H37IO12/c1-49-31-17-9-6-14-28(31)36(46)53-40-20-39(52-35(45)27-13-5-4-12-26(27)34(43)44)21-41(23-40,54-37(47)29-15-7-10-18-32(29)50-2)25-42(22-39,24-40)55-38(48)30-16-8-11-19-33(30)51-3/h4-19H,20-25H2,1-3H3. The summed E-state index contributed by atoms with van der Waals surface area (Å²) in [4.78, 5) is 69.2. The topological polar surface area (TPSA) is 150 Å². The molecule has 284 valence electrons. The van der Waals surface area contributed by atoms with E-state index >= 15 is 0 Å². The highest BCUT2D eigenvalue weighted by Gasteiger charge is 2.74. The molecule has 0 aliphatic heterocycles. The molecule has 0 amide bonds. The van der Waals surface area contributed by atoms with Gasteiger partial charge in [0.15, 0.2) is 0 Å². The van der Waals surface area contributed by atoms with Gasteiger partial charge in [-0.05, 0) is 48.5 Å². The molecule has 12 nitrogen and oxygen atoms in total. The maximum Gasteiger partial charge on any atom is 0.342 e. The molecule has 0 radical (unpaired) electrons. The predicted octanol–water partition coefficient (Wildman–Crippen LogP) is 7.35. The van der Waals surface area contributed by atoms with Crippen LogP contribution in [-0.4, -0.2) is 71.4 Å². The number of para-hydroxylation sites is 3. The van der Waals surface area contributed by atoms with Crippen molar-refractivity contribution >= 4 is 50.3 Å². The largest absolute Gasteiger partial charge is 0.496 e. The van der Waals surface area contributed by atoms with E-state index in [-0.39, 0.29) is 87.4 Å². The van der Waals surface area contributed by atoms with Gasteiger partial charge in [0.25, 0.3) is 0 Å². The molecule has 4 fully saturated rings. The van der Waals surface area contributed by atoms with E-state index in [1.165, 1.54) is 33.5 Å². The van der Waals surface area contributed by atoms with Gasteiger partial charge in [-0.2, -0.15) is 0 Å². The van der Waals surface area contributed by atoms with E-state index in [2.05, 4.69) is 0 Å². The number of esters is 4. The summed E-state index contributed by atoms with van der Waals surface area (Å²) in [5.74, 6) is -2.21. The van der Waals surface area contributed by atoms with E-state index in [1.807, 2.05) is 0 Å². The molecule has 0 aromatic heterocycles. The lowest BCUT2D eigenvalue weighted by Gasteiger charge is -2.66. The predicted molar refractivity (Wildman–Crippen MR) is 204 cm³/mol. The second-order valence-electron chi connectivity index (χ2n) is 14.3. The minimum absolute atomic E-state index is 0.00212. The van der Waals surface area contributed by atoms with Crippen LogP contribution in [0.4, 0.5) is 0 Å². The van der Waals surface area contributed by atoms with E-state index in [0.717, 1.165) is 0 Å². The fraction of sp³-hybridized carbons (Fsp3) is 0.310. The first-order valence-electron chi connectivity index (χ1n) is 17.5. The highest BCUT2D eigenvalue weighted by molar-refractivity contribution is 14.1. The first kappa shape index (κ1) is 37.9. The van der Waals surface area contributed by atoms with E-state index in [1.54, 1.807) is 108 Å². The summed E-state index contributed by atoms with van der Waals surface area (Å²) in [6.45, 7) is 0. The average Bonchev–Trinajstić information content (AvgIpc) is 3.16. The van der Waals surface area contributed by atoms with E-state index in [4.69, 9.17) is 33.2 Å². The van der Waals surface area contributed by atoms with Crippen molar-refractivity contribution in [2.24, 2.45) is 0 Å². The number of carbonyl (C=O) groups excluding carboxylic acids is 5. The van der Waals surface area contributed by atoms with Gasteiger partial charge in [0, 0.05) is 66.7 Å². The zero-order valence-corrected chi connectivity index (χ0v) is 32.4. The van der Waals surface area contributed by atoms with Gasteiger partial charge in [-0.25, -0.2) is 19.2 Å². The zero-order valence-electron chi connectivity index (χ0n) is 30.3. The summed E-state index contributed by atoms with van der Waals surface area (Å²) in [6, 6.07) is 26.0. The summed E-state index contributed by atoms with van der Waals surface area (Å²) in [6.07, 6.45) is -0.0632. The molecule has 8 rings (SSSR count). The third kappa shape index (κ3) is 7.24. The number of benzene rings is 4. The summed E-state index contributed by atoms with van der Waals surface area (Å²) in [7, 11) is 4.30. The Hall–Kier alpha value is -5.44. The minimum atomic E-state index is -1.52. The van der Waals surface area contributed by atoms with Crippen LogP contribution in [0.15, 0.2) is 97.1 Å². The van der Waals surface area contributed by atoms with Crippen LogP contribution in [0.1, 0.15) is 90.3 Å². The van der Waals surface area contributed by atoms with E-state index in [0.29, 0.717) is 0 Å². The van der Waals surface area contributed by atoms with Crippen LogP contribution < -0.4 is 14.2 Å². The van der Waals surface area contributed by atoms with E-state index in [9.17, 15) is 24.0 Å². The van der Waals surface area contributed by atoms with Crippen LogP contribution in [0.5, 0.6) is 17.2 Å². The number of methoxy groups -OCH3 is 3. The van der Waals surface area contributed by atoms with Crippen molar-refractivity contribution in [3.8, 4) is 17.2 Å². The highest BCUT2D eigenvalue weighted by Crippen LogP contribution is 2.66. The molecule has 0 N–H and O–H groups in total. The molecule has 4 aliphatic carbocycles. The molecule has 0 saturated heterocycles. The van der Waals surface area contributed by atoms with Gasteiger partial charge in [0.2, 0.25) is 3.79 Å². The van der Waals surface area contributed by atoms with Gasteiger partial charge in [-0.3, -0.25) is 4.79 Å². The summed E-state index contributed by atoms with van der Waals surface area (Å²) in [5, 5.41) is 0. The Bertz CT molecular complexity index is 2000. The van der Waals surface area contributed by atoms with Gasteiger partial charge in [0.05, 0.1) is 26.9 Å². The maximum absolute atomic E-state index is 14.2. The molecule has 55 heavy (non-hydrogen) atoms. The first-order chi connectivity index (χ1) is 26.4. The number of ether oxygens (including phenoxy) is 7. The summed E-state index contributed by atoms with van der Waals surface area (Å²) >= 11 is 1.61. The summed E-state index contributed by atoms with van der Waals surface area (Å²) in [5.41, 5.74) is -5.40. The smallest absolute Gasteiger partial charge is 0.342 e. The Kier molecular flexibility index (Phi) is 10.1. The van der Waals surface area contributed by atoms with Gasteiger partial charge in [0.1, 0.15) is 56.3 Å². The monoisotopic (exact) mass is 860 g/mol. The molecule has 0 heterocycles. The van der Waals surface area contributed by atoms with Gasteiger partial charge in [-0.15, -0.1) is 0 Å². The summed E-state index contributed by atoms with van der Waals surface area (Å²) < 4.78 is 41.9. The Labute approximate surface area is 330 Å². The number of halogens is 1. The molecule has 0 unspecified atom stereocenters. The Morgan fingerprint density at radius 3 is 0.909 bits per heavy atom. The van der Waals surface area contributed by atoms with Crippen molar-refractivity contribution in [3.63, 3.8) is 0 Å². The molecule has 4 aliphatic rings. The Morgan fingerprint density at radius 2 is 0.636 bits per heavy atom. The van der Waals surface area contributed by atoms with E-state index < -0.39 is 46.3 Å². The molecule has 4 bridgehead atoms. The second-order valence-corrected chi connectivity index (χ2v) is 15.3. The molecule has 4 saturated carbocycles. The van der Waals surface area contributed by atoms with Gasteiger partial charge in [-0.1, -0.05) is 48.5 Å². The fourth-order valence-electron chi connectivity index (χ4n) is 8.98. The average molecular weight is 861 g/mol. The normalized spacial score (nSPS) is 24.6. The Morgan fingerprint density at radius 1 is 0.400 bits per heavy atom. The number of hydrogen-bond donors (Lipinski definition) is 0. The number of hydrogen-bond acceptors (Lipinski definition) is 12. The van der Waals surface area contributed by atoms with Crippen molar-refractivity contribution in [2.75, 3.05) is 21.3 Å². The second kappa shape index (κ2) is 14.7. The van der Waals surface area contributed by atoms with Crippen LogP contribution in [0, 0.1) is 0 Å². The molecular formula is C42H37IO12. The molecule has 4 aromatic rings. The maximum atomic E-state index is 14.2. The van der Waals surface area contributed by atoms with Crippen LogP contribution in [0.2, 0.25) is 0 Å². The SMILES string of the molecule is COc1ccccc1C(=O)OC12CC3(OC(=O)c4ccccc4OC)CC(OC(=O)c4ccccc4OC)(C1)CC(OC(=O)c1ccccc1C(=O)I)(C2)C3. The van der Waals surface area contributed by atoms with Crippen LogP contribution in [-0.2, 0) is 18.9 Å². The van der Waals surface area contributed by atoms with Crippen molar-refractivity contribution in [2.45, 2.75) is 60.9 Å². The quantitative estimate of drug-likeness (QED) is 0.0607. The highest BCUT2D eigenvalue weighted by atomic mass is 127. The zero-order chi connectivity index (χ0) is 39.0. The van der Waals surface area contributed by atoms with Crippen LogP contribution >= 0.6 is 22.6 Å². The van der Waals surface area contributed by atoms with Crippen molar-refractivity contribution in [1.29, 1.82) is 0 Å². The van der Waals surface area contributed by atoms with Crippen LogP contribution in [0.25, 0.3) is 0 Å². The molecule has 0 spiro atoms. The molecular weight excluding hydrogens is 823 g/mol. The fourth-order valence-corrected chi connectivity index (χ4v) is 9.46. The van der Waals surface area contributed by atoms with Crippen molar-refractivity contribution in [3.05, 3.63) is 125 Å². The third-order valence-corrected chi connectivity index (χ3v) is 11.0. The van der Waals surface area contributed by atoms with Crippen LogP contribution in [0.3, 0.4) is 0 Å². The number of carbonyl (C=O) groups is 5.